The van der Waals surface area contributed by atoms with Gasteiger partial charge in [0, 0.05) is 57.9 Å². The molecule has 2 aliphatic heterocycles. The van der Waals surface area contributed by atoms with Gasteiger partial charge >= 0.3 is 0 Å². The van der Waals surface area contributed by atoms with Crippen LogP contribution in [0, 0.1) is 0 Å². The van der Waals surface area contributed by atoms with Crippen LogP contribution in [0.2, 0.25) is 0 Å². The highest BCUT2D eigenvalue weighted by Gasteiger charge is 2.29. The summed E-state index contributed by atoms with van der Waals surface area (Å²) in [6.45, 7) is 6.22. The SMILES string of the molecule is CC(=O)Nc1ccc(S(=O)(=O)N2CCN(c3cnnc(N4CCOCC4)c3)CC2)cc1. The lowest BCUT2D eigenvalue weighted by Crippen LogP contribution is -2.48. The Balaban J connectivity index is 1.40. The molecule has 2 fully saturated rings. The van der Waals surface area contributed by atoms with E-state index in [2.05, 4.69) is 25.3 Å². The van der Waals surface area contributed by atoms with Gasteiger partial charge in [0.1, 0.15) is 0 Å². The minimum atomic E-state index is -3.59. The molecular weight excluding hydrogens is 420 g/mol. The molecule has 2 saturated heterocycles. The lowest BCUT2D eigenvalue weighted by Gasteiger charge is -2.35. The molecule has 0 saturated carbocycles. The lowest BCUT2D eigenvalue weighted by atomic mass is 10.3. The zero-order chi connectivity index (χ0) is 21.8. The van der Waals surface area contributed by atoms with Gasteiger partial charge in [0.2, 0.25) is 15.9 Å². The summed E-state index contributed by atoms with van der Waals surface area (Å²) in [5, 5.41) is 11.0. The summed E-state index contributed by atoms with van der Waals surface area (Å²) in [6.07, 6.45) is 1.72. The molecular formula is C20H26N6O4S. The topological polar surface area (TPSA) is 108 Å². The van der Waals surface area contributed by atoms with Crippen molar-refractivity contribution >= 4 is 33.1 Å². The van der Waals surface area contributed by atoms with Gasteiger partial charge < -0.3 is 19.9 Å². The maximum absolute atomic E-state index is 13.0. The van der Waals surface area contributed by atoms with Crippen LogP contribution in [0.4, 0.5) is 17.2 Å². The number of ether oxygens (including phenoxy) is 1. The normalized spacial score (nSPS) is 18.1. The molecule has 0 unspecified atom stereocenters. The van der Waals surface area contributed by atoms with E-state index in [1.807, 2.05) is 6.07 Å². The van der Waals surface area contributed by atoms with E-state index < -0.39 is 10.0 Å². The second kappa shape index (κ2) is 9.16. The van der Waals surface area contributed by atoms with E-state index in [1.165, 1.54) is 23.4 Å². The smallest absolute Gasteiger partial charge is 0.243 e. The van der Waals surface area contributed by atoms with E-state index in [0.29, 0.717) is 45.1 Å². The third-order valence-corrected chi connectivity index (χ3v) is 7.29. The summed E-state index contributed by atoms with van der Waals surface area (Å²) >= 11 is 0. The van der Waals surface area contributed by atoms with Gasteiger partial charge in [-0.25, -0.2) is 8.42 Å². The Labute approximate surface area is 181 Å². The summed E-state index contributed by atoms with van der Waals surface area (Å²) in [4.78, 5) is 15.6. The summed E-state index contributed by atoms with van der Waals surface area (Å²) in [6, 6.07) is 8.24. The van der Waals surface area contributed by atoms with Crippen molar-refractivity contribution in [1.82, 2.24) is 14.5 Å². The zero-order valence-electron chi connectivity index (χ0n) is 17.4. The summed E-state index contributed by atoms with van der Waals surface area (Å²) in [7, 11) is -3.59. The Bertz CT molecular complexity index is 1020. The molecule has 0 spiro atoms. The lowest BCUT2D eigenvalue weighted by molar-refractivity contribution is -0.114. The van der Waals surface area contributed by atoms with Crippen LogP contribution in [0.1, 0.15) is 6.92 Å². The van der Waals surface area contributed by atoms with Crippen LogP contribution in [-0.2, 0) is 19.6 Å². The number of hydrogen-bond donors (Lipinski definition) is 1. The molecule has 166 valence electrons. The molecule has 2 aliphatic rings. The first-order chi connectivity index (χ1) is 14.9. The molecule has 2 aromatic rings. The predicted molar refractivity (Wildman–Crippen MR) is 117 cm³/mol. The van der Waals surface area contributed by atoms with Crippen molar-refractivity contribution in [2.45, 2.75) is 11.8 Å². The quantitative estimate of drug-likeness (QED) is 0.718. The molecule has 1 aromatic heterocycles. The number of nitrogens with zero attached hydrogens (tertiary/aromatic N) is 5. The standard InChI is InChI=1S/C20H26N6O4S/c1-16(27)22-17-2-4-19(5-3-17)31(28,29)26-8-6-24(7-9-26)18-14-20(23-21-15-18)25-10-12-30-13-11-25/h2-5,14-15H,6-13H2,1H3,(H,22,27). The van der Waals surface area contributed by atoms with Crippen LogP contribution in [0.5, 0.6) is 0 Å². The van der Waals surface area contributed by atoms with Crippen LogP contribution < -0.4 is 15.1 Å². The number of benzene rings is 1. The molecule has 1 amide bonds. The molecule has 4 rings (SSSR count). The molecule has 0 aliphatic carbocycles. The highest BCUT2D eigenvalue weighted by Crippen LogP contribution is 2.24. The van der Waals surface area contributed by atoms with Crippen LogP contribution >= 0.6 is 0 Å². The summed E-state index contributed by atoms with van der Waals surface area (Å²) < 4.78 is 32.9. The minimum Gasteiger partial charge on any atom is -0.378 e. The van der Waals surface area contributed by atoms with Gasteiger partial charge in [-0.1, -0.05) is 0 Å². The number of anilines is 3. The van der Waals surface area contributed by atoms with Crippen LogP contribution in [0.15, 0.2) is 41.4 Å². The second-order valence-corrected chi connectivity index (χ2v) is 9.41. The molecule has 1 aromatic carbocycles. The Hall–Kier alpha value is -2.76. The van der Waals surface area contributed by atoms with Gasteiger partial charge in [-0.05, 0) is 24.3 Å². The van der Waals surface area contributed by atoms with Gasteiger partial charge in [0.25, 0.3) is 0 Å². The van der Waals surface area contributed by atoms with Crippen molar-refractivity contribution in [2.24, 2.45) is 0 Å². The number of carbonyl (C=O) groups is 1. The van der Waals surface area contributed by atoms with Crippen molar-refractivity contribution in [2.75, 3.05) is 67.6 Å². The van der Waals surface area contributed by atoms with Crippen molar-refractivity contribution in [1.29, 1.82) is 0 Å². The van der Waals surface area contributed by atoms with Crippen molar-refractivity contribution in [3.63, 3.8) is 0 Å². The van der Waals surface area contributed by atoms with Crippen molar-refractivity contribution in [3.05, 3.63) is 36.5 Å². The predicted octanol–water partition coefficient (Wildman–Crippen LogP) is 0.783. The van der Waals surface area contributed by atoms with Crippen molar-refractivity contribution in [3.8, 4) is 0 Å². The van der Waals surface area contributed by atoms with E-state index >= 15 is 0 Å². The van der Waals surface area contributed by atoms with Crippen LogP contribution in [-0.4, -0.2) is 81.3 Å². The molecule has 31 heavy (non-hydrogen) atoms. The monoisotopic (exact) mass is 446 g/mol. The number of nitrogens with one attached hydrogen (secondary N) is 1. The first kappa shape index (κ1) is 21.5. The number of piperazine rings is 1. The van der Waals surface area contributed by atoms with E-state index in [9.17, 15) is 13.2 Å². The number of amides is 1. The third-order valence-electron chi connectivity index (χ3n) is 5.38. The minimum absolute atomic E-state index is 0.200. The van der Waals surface area contributed by atoms with Gasteiger partial charge in [-0.3, -0.25) is 4.79 Å². The van der Waals surface area contributed by atoms with E-state index in [0.717, 1.165) is 24.6 Å². The average molecular weight is 447 g/mol. The van der Waals surface area contributed by atoms with Gasteiger partial charge in [0.05, 0.1) is 30.0 Å². The Morgan fingerprint density at radius 3 is 2.32 bits per heavy atom. The van der Waals surface area contributed by atoms with Crippen LogP contribution in [0.25, 0.3) is 0 Å². The molecule has 10 nitrogen and oxygen atoms in total. The first-order valence-corrected chi connectivity index (χ1v) is 11.7. The molecule has 0 atom stereocenters. The number of sulfonamides is 1. The molecule has 3 heterocycles. The fourth-order valence-electron chi connectivity index (χ4n) is 3.71. The second-order valence-electron chi connectivity index (χ2n) is 7.47. The number of rotatable bonds is 5. The maximum Gasteiger partial charge on any atom is 0.243 e. The number of morpholine rings is 1. The van der Waals surface area contributed by atoms with Crippen molar-refractivity contribution < 1.29 is 17.9 Å². The largest absolute Gasteiger partial charge is 0.378 e. The first-order valence-electron chi connectivity index (χ1n) is 10.2. The fraction of sp³-hybridized carbons (Fsp3) is 0.450. The van der Waals surface area contributed by atoms with E-state index in [1.54, 1.807) is 18.3 Å². The fourth-order valence-corrected chi connectivity index (χ4v) is 5.14. The Morgan fingerprint density at radius 1 is 1.00 bits per heavy atom. The van der Waals surface area contributed by atoms with Gasteiger partial charge in [0.15, 0.2) is 5.82 Å². The Kier molecular flexibility index (Phi) is 6.35. The van der Waals surface area contributed by atoms with Gasteiger partial charge in [-0.2, -0.15) is 9.40 Å². The summed E-state index contributed by atoms with van der Waals surface area (Å²) in [5.74, 6) is 0.615. The van der Waals surface area contributed by atoms with E-state index in [-0.39, 0.29) is 10.8 Å². The molecule has 0 radical (unpaired) electrons. The Morgan fingerprint density at radius 2 is 1.68 bits per heavy atom. The zero-order valence-corrected chi connectivity index (χ0v) is 18.2. The average Bonchev–Trinajstić information content (AvgIpc) is 2.80. The highest BCUT2D eigenvalue weighted by atomic mass is 32.2. The maximum atomic E-state index is 13.0. The number of hydrogen-bond acceptors (Lipinski definition) is 8. The summed E-state index contributed by atoms with van der Waals surface area (Å²) in [5.41, 5.74) is 1.51. The third kappa shape index (κ3) is 4.94. The number of carbonyl (C=O) groups excluding carboxylic acids is 1. The van der Waals surface area contributed by atoms with Crippen LogP contribution in [0.3, 0.4) is 0 Å². The van der Waals surface area contributed by atoms with E-state index in [4.69, 9.17) is 4.74 Å². The highest BCUT2D eigenvalue weighted by molar-refractivity contribution is 7.89. The van der Waals surface area contributed by atoms with Gasteiger partial charge in [-0.15, -0.1) is 5.10 Å². The number of aromatic nitrogens is 2. The molecule has 0 bridgehead atoms. The molecule has 11 heteroatoms. The molecule has 1 N–H and O–H groups in total.